The summed E-state index contributed by atoms with van der Waals surface area (Å²) in [5.41, 5.74) is 0.566. The van der Waals surface area contributed by atoms with Crippen LogP contribution in [0.5, 0.6) is 0 Å². The third-order valence-corrected chi connectivity index (χ3v) is 4.42. The lowest BCUT2D eigenvalue weighted by Crippen LogP contribution is -2.10. The Kier molecular flexibility index (Phi) is 4.55. The van der Waals surface area contributed by atoms with E-state index in [9.17, 15) is 22.8 Å². The summed E-state index contributed by atoms with van der Waals surface area (Å²) in [6.07, 6.45) is -4.46. The topological polar surface area (TPSA) is 56.5 Å². The maximum Gasteiger partial charge on any atom is 0.416 e. The summed E-state index contributed by atoms with van der Waals surface area (Å²) >= 11 is 0. The van der Waals surface area contributed by atoms with Crippen LogP contribution in [-0.2, 0) is 10.9 Å². The Labute approximate surface area is 152 Å². The SMILES string of the molecule is COC(=O)c1c(C)c(C)cc2c(=O)cc(-c3ccc(C(F)(F)F)cc3)oc12. The molecule has 0 unspecified atom stereocenters. The van der Waals surface area contributed by atoms with Gasteiger partial charge in [-0.3, -0.25) is 4.79 Å². The number of hydrogen-bond donors (Lipinski definition) is 0. The number of esters is 1. The first-order valence-electron chi connectivity index (χ1n) is 7.97. The molecule has 0 N–H and O–H groups in total. The fourth-order valence-electron chi connectivity index (χ4n) is 2.83. The van der Waals surface area contributed by atoms with E-state index in [0.717, 1.165) is 17.7 Å². The van der Waals surface area contributed by atoms with Gasteiger partial charge >= 0.3 is 12.1 Å². The number of aryl methyl sites for hydroxylation is 1. The van der Waals surface area contributed by atoms with Crippen LogP contribution < -0.4 is 5.43 Å². The van der Waals surface area contributed by atoms with Crippen molar-refractivity contribution >= 4 is 16.9 Å². The smallest absolute Gasteiger partial charge is 0.416 e. The first-order valence-corrected chi connectivity index (χ1v) is 7.97. The lowest BCUT2D eigenvalue weighted by molar-refractivity contribution is -0.137. The highest BCUT2D eigenvalue weighted by Crippen LogP contribution is 2.32. The monoisotopic (exact) mass is 376 g/mol. The number of carbonyl (C=O) groups is 1. The zero-order chi connectivity index (χ0) is 19.9. The van der Waals surface area contributed by atoms with Gasteiger partial charge in [0, 0.05) is 11.6 Å². The molecule has 0 spiro atoms. The van der Waals surface area contributed by atoms with Gasteiger partial charge in [0.25, 0.3) is 0 Å². The van der Waals surface area contributed by atoms with Gasteiger partial charge in [-0.1, -0.05) is 12.1 Å². The number of halogens is 3. The normalized spacial score (nSPS) is 11.6. The molecule has 0 saturated heterocycles. The van der Waals surface area contributed by atoms with Crippen molar-refractivity contribution in [2.24, 2.45) is 0 Å². The van der Waals surface area contributed by atoms with E-state index in [2.05, 4.69) is 0 Å². The maximum atomic E-state index is 12.7. The van der Waals surface area contributed by atoms with Gasteiger partial charge in [-0.25, -0.2) is 4.79 Å². The molecule has 3 aromatic rings. The van der Waals surface area contributed by atoms with Crippen molar-refractivity contribution in [3.05, 3.63) is 68.9 Å². The minimum Gasteiger partial charge on any atom is -0.465 e. The van der Waals surface area contributed by atoms with Crippen molar-refractivity contribution < 1.29 is 27.1 Å². The molecule has 0 fully saturated rings. The zero-order valence-corrected chi connectivity index (χ0v) is 14.7. The van der Waals surface area contributed by atoms with Crippen LogP contribution in [-0.4, -0.2) is 13.1 Å². The van der Waals surface area contributed by atoms with E-state index in [1.54, 1.807) is 19.9 Å². The Morgan fingerprint density at radius 2 is 1.70 bits per heavy atom. The summed E-state index contributed by atoms with van der Waals surface area (Å²) in [7, 11) is 1.22. The molecule has 2 aromatic carbocycles. The predicted octanol–water partition coefficient (Wildman–Crippen LogP) is 4.88. The van der Waals surface area contributed by atoms with Gasteiger partial charge in [-0.15, -0.1) is 0 Å². The summed E-state index contributed by atoms with van der Waals surface area (Å²) in [6, 6.07) is 7.04. The summed E-state index contributed by atoms with van der Waals surface area (Å²) in [4.78, 5) is 24.7. The molecule has 3 rings (SSSR count). The second kappa shape index (κ2) is 6.57. The van der Waals surface area contributed by atoms with E-state index in [1.807, 2.05) is 0 Å². The van der Waals surface area contributed by atoms with Crippen LogP contribution in [0, 0.1) is 13.8 Å². The fourth-order valence-corrected chi connectivity index (χ4v) is 2.83. The molecule has 4 nitrogen and oxygen atoms in total. The molecule has 0 radical (unpaired) electrons. The van der Waals surface area contributed by atoms with E-state index in [-0.39, 0.29) is 27.9 Å². The van der Waals surface area contributed by atoms with Gasteiger partial charge in [0.05, 0.1) is 18.1 Å². The molecule has 0 saturated carbocycles. The highest BCUT2D eigenvalue weighted by atomic mass is 19.4. The van der Waals surface area contributed by atoms with E-state index < -0.39 is 23.1 Å². The minimum absolute atomic E-state index is 0.0485. The van der Waals surface area contributed by atoms with Gasteiger partial charge in [0.15, 0.2) is 11.0 Å². The maximum absolute atomic E-state index is 12.7. The molecule has 0 aliphatic carbocycles. The van der Waals surface area contributed by atoms with E-state index in [4.69, 9.17) is 9.15 Å². The lowest BCUT2D eigenvalue weighted by Gasteiger charge is -2.12. The number of methoxy groups -OCH3 is 1. The zero-order valence-electron chi connectivity index (χ0n) is 14.7. The van der Waals surface area contributed by atoms with Gasteiger partial charge in [0.1, 0.15) is 11.3 Å². The second-order valence-corrected chi connectivity index (χ2v) is 6.11. The average molecular weight is 376 g/mol. The second-order valence-electron chi connectivity index (χ2n) is 6.11. The number of rotatable bonds is 2. The molecule has 140 valence electrons. The number of fused-ring (bicyclic) bond motifs is 1. The van der Waals surface area contributed by atoms with Gasteiger partial charge in [0.2, 0.25) is 0 Å². The minimum atomic E-state index is -4.46. The number of carbonyl (C=O) groups excluding carboxylic acids is 1. The Morgan fingerprint density at radius 3 is 2.26 bits per heavy atom. The largest absolute Gasteiger partial charge is 0.465 e. The van der Waals surface area contributed by atoms with Crippen LogP contribution in [0.3, 0.4) is 0 Å². The van der Waals surface area contributed by atoms with Crippen molar-refractivity contribution in [2.75, 3.05) is 7.11 Å². The van der Waals surface area contributed by atoms with Crippen LogP contribution >= 0.6 is 0 Å². The first kappa shape index (κ1) is 18.7. The van der Waals surface area contributed by atoms with E-state index in [0.29, 0.717) is 5.56 Å². The number of hydrogen-bond acceptors (Lipinski definition) is 4. The van der Waals surface area contributed by atoms with Crippen LogP contribution in [0.2, 0.25) is 0 Å². The number of alkyl halides is 3. The predicted molar refractivity (Wildman–Crippen MR) is 93.7 cm³/mol. The Hall–Kier alpha value is -3.09. The molecule has 0 atom stereocenters. The Balaban J connectivity index is 2.26. The summed E-state index contributed by atoms with van der Waals surface area (Å²) < 4.78 is 48.8. The van der Waals surface area contributed by atoms with Gasteiger partial charge in [-0.05, 0) is 43.2 Å². The quantitative estimate of drug-likeness (QED) is 0.598. The first-order chi connectivity index (χ1) is 12.6. The fraction of sp³-hybridized carbons (Fsp3) is 0.200. The standard InChI is InChI=1S/C20H15F3O4/c1-10-8-14-15(24)9-16(12-4-6-13(7-5-12)20(21,22)23)27-18(14)17(11(10)2)19(25)26-3/h4-9H,1-3H3. The number of benzene rings is 2. The van der Waals surface area contributed by atoms with Crippen molar-refractivity contribution in [3.8, 4) is 11.3 Å². The molecule has 1 heterocycles. The molecule has 1 aromatic heterocycles. The van der Waals surface area contributed by atoms with Crippen molar-refractivity contribution in [2.45, 2.75) is 20.0 Å². The average Bonchev–Trinajstić information content (AvgIpc) is 2.62. The highest BCUT2D eigenvalue weighted by Gasteiger charge is 2.30. The van der Waals surface area contributed by atoms with E-state index >= 15 is 0 Å². The van der Waals surface area contributed by atoms with Gasteiger partial charge in [-0.2, -0.15) is 13.2 Å². The molecule has 0 bridgehead atoms. The third-order valence-electron chi connectivity index (χ3n) is 4.42. The van der Waals surface area contributed by atoms with Gasteiger partial charge < -0.3 is 9.15 Å². The highest BCUT2D eigenvalue weighted by molar-refractivity contribution is 6.04. The molecular formula is C20H15F3O4. The summed E-state index contributed by atoms with van der Waals surface area (Å²) in [5, 5.41) is 0.203. The number of ether oxygens (including phenoxy) is 1. The van der Waals surface area contributed by atoms with E-state index in [1.165, 1.54) is 25.3 Å². The summed E-state index contributed by atoms with van der Waals surface area (Å²) in [6.45, 7) is 3.45. The molecule has 0 aliphatic rings. The molecule has 27 heavy (non-hydrogen) atoms. The Morgan fingerprint density at radius 1 is 1.07 bits per heavy atom. The van der Waals surface area contributed by atoms with Crippen molar-refractivity contribution in [1.29, 1.82) is 0 Å². The van der Waals surface area contributed by atoms with Crippen LogP contribution in [0.1, 0.15) is 27.0 Å². The Bertz CT molecular complexity index is 1090. The summed E-state index contributed by atoms with van der Waals surface area (Å²) in [5.74, 6) is -0.594. The van der Waals surface area contributed by atoms with Crippen LogP contribution in [0.15, 0.2) is 45.6 Å². The van der Waals surface area contributed by atoms with Crippen LogP contribution in [0.4, 0.5) is 13.2 Å². The molecular weight excluding hydrogens is 361 g/mol. The van der Waals surface area contributed by atoms with Crippen molar-refractivity contribution in [3.63, 3.8) is 0 Å². The lowest BCUT2D eigenvalue weighted by atomic mass is 9.99. The molecule has 0 amide bonds. The van der Waals surface area contributed by atoms with Crippen molar-refractivity contribution in [1.82, 2.24) is 0 Å². The third kappa shape index (κ3) is 3.32. The molecule has 0 aliphatic heterocycles. The van der Waals surface area contributed by atoms with Crippen LogP contribution in [0.25, 0.3) is 22.3 Å². The molecule has 7 heteroatoms.